The van der Waals surface area contributed by atoms with E-state index in [1.54, 1.807) is 6.20 Å². The summed E-state index contributed by atoms with van der Waals surface area (Å²) in [6.07, 6.45) is 3.69. The fourth-order valence-corrected chi connectivity index (χ4v) is 7.47. The molecule has 0 radical (unpaired) electrons. The molecule has 210 valence electrons. The maximum atomic E-state index is 5.27. The summed E-state index contributed by atoms with van der Waals surface area (Å²) < 4.78 is 2.57. The summed E-state index contributed by atoms with van der Waals surface area (Å²) in [5.74, 6) is 0.695. The minimum atomic E-state index is 0.695. The number of hydrogen-bond acceptors (Lipinski definition) is 4. The lowest BCUT2D eigenvalue weighted by atomic mass is 9.95. The van der Waals surface area contributed by atoms with Crippen molar-refractivity contribution in [3.05, 3.63) is 152 Å². The number of thiophene rings is 1. The minimum Gasteiger partial charge on any atom is -0.264 e. The molecule has 3 nitrogen and oxygen atoms in total. The van der Waals surface area contributed by atoms with Gasteiger partial charge >= 0.3 is 0 Å². The number of aromatic nitrogens is 3. The fraction of sp³-hybridized carbons (Fsp3) is 0. The molecule has 3 heterocycles. The number of pyridine rings is 1. The van der Waals surface area contributed by atoms with Gasteiger partial charge in [-0.1, -0.05) is 97.1 Å². The summed E-state index contributed by atoms with van der Waals surface area (Å²) in [5.41, 5.74) is 7.08. The van der Waals surface area contributed by atoms with E-state index < -0.39 is 0 Å². The molecule has 0 saturated carbocycles. The Morgan fingerprint density at radius 1 is 0.422 bits per heavy atom. The first-order valence-electron chi connectivity index (χ1n) is 15.0. The van der Waals surface area contributed by atoms with Crippen molar-refractivity contribution in [3.8, 4) is 45.0 Å². The predicted octanol–water partition coefficient (Wildman–Crippen LogP) is 11.2. The van der Waals surface area contributed by atoms with Gasteiger partial charge in [-0.2, -0.15) is 0 Å². The van der Waals surface area contributed by atoms with Gasteiger partial charge in [0.15, 0.2) is 5.82 Å². The highest BCUT2D eigenvalue weighted by Gasteiger charge is 2.16. The fourth-order valence-electron chi connectivity index (χ4n) is 6.39. The molecule has 0 spiro atoms. The van der Waals surface area contributed by atoms with Gasteiger partial charge in [-0.15, -0.1) is 11.3 Å². The molecule has 0 saturated heterocycles. The Bertz CT molecular complexity index is 2550. The largest absolute Gasteiger partial charge is 0.264 e. The maximum Gasteiger partial charge on any atom is 0.160 e. The summed E-state index contributed by atoms with van der Waals surface area (Å²) in [6.45, 7) is 0. The van der Waals surface area contributed by atoms with Gasteiger partial charge in [-0.3, -0.25) is 4.98 Å². The normalized spacial score (nSPS) is 11.6. The third-order valence-electron chi connectivity index (χ3n) is 8.56. The molecule has 9 aromatic rings. The van der Waals surface area contributed by atoms with E-state index in [9.17, 15) is 0 Å². The summed E-state index contributed by atoms with van der Waals surface area (Å²) in [5, 5.41) is 7.36. The smallest absolute Gasteiger partial charge is 0.160 e. The Labute approximate surface area is 264 Å². The molecule has 4 heteroatoms. The molecule has 0 amide bonds. The molecule has 0 fully saturated rings. The quantitative estimate of drug-likeness (QED) is 0.191. The first-order valence-corrected chi connectivity index (χ1v) is 15.8. The van der Waals surface area contributed by atoms with E-state index in [0.717, 1.165) is 39.2 Å². The van der Waals surface area contributed by atoms with Crippen LogP contribution in [0.2, 0.25) is 0 Å². The van der Waals surface area contributed by atoms with Crippen LogP contribution < -0.4 is 0 Å². The number of fused-ring (bicyclic) bond motifs is 6. The second kappa shape index (κ2) is 10.5. The van der Waals surface area contributed by atoms with E-state index in [0.29, 0.717) is 5.82 Å². The standard InChI is InChI=1S/C41H25N3S/c1-2-13-31-27(9-1)22-35(33-15-4-3-14-32(31)33)38-24-37(28-18-19-40-36(23-28)34-16-5-6-17-39(34)45-40)43-41(44-38)29-11-7-10-26(21-29)30-12-8-20-42-25-30/h1-25H. The van der Waals surface area contributed by atoms with Crippen LogP contribution in [-0.4, -0.2) is 15.0 Å². The van der Waals surface area contributed by atoms with E-state index in [1.807, 2.05) is 23.6 Å². The topological polar surface area (TPSA) is 38.7 Å². The summed E-state index contributed by atoms with van der Waals surface area (Å²) >= 11 is 1.83. The summed E-state index contributed by atoms with van der Waals surface area (Å²) in [6, 6.07) is 49.4. The summed E-state index contributed by atoms with van der Waals surface area (Å²) in [7, 11) is 0. The average Bonchev–Trinajstić information content (AvgIpc) is 3.49. The minimum absolute atomic E-state index is 0.695. The highest BCUT2D eigenvalue weighted by molar-refractivity contribution is 7.25. The van der Waals surface area contributed by atoms with Gasteiger partial charge in [0.25, 0.3) is 0 Å². The van der Waals surface area contributed by atoms with Crippen LogP contribution in [0.1, 0.15) is 0 Å². The highest BCUT2D eigenvalue weighted by atomic mass is 32.1. The van der Waals surface area contributed by atoms with E-state index in [1.165, 1.54) is 41.7 Å². The molecule has 0 aliphatic carbocycles. The van der Waals surface area contributed by atoms with Crippen molar-refractivity contribution in [2.75, 3.05) is 0 Å². The maximum absolute atomic E-state index is 5.27. The number of benzene rings is 6. The molecule has 0 aliphatic heterocycles. The zero-order valence-corrected chi connectivity index (χ0v) is 25.0. The molecular formula is C41H25N3S. The second-order valence-corrected chi connectivity index (χ2v) is 12.4. The van der Waals surface area contributed by atoms with Crippen molar-refractivity contribution in [1.29, 1.82) is 0 Å². The average molecular weight is 592 g/mol. The number of rotatable bonds is 4. The van der Waals surface area contributed by atoms with Crippen molar-refractivity contribution < 1.29 is 0 Å². The molecule has 0 aliphatic rings. The lowest BCUT2D eigenvalue weighted by Gasteiger charge is -2.14. The first kappa shape index (κ1) is 25.8. The molecule has 0 N–H and O–H groups in total. The van der Waals surface area contributed by atoms with Crippen LogP contribution in [0.25, 0.3) is 86.7 Å². The highest BCUT2D eigenvalue weighted by Crippen LogP contribution is 2.39. The van der Waals surface area contributed by atoms with Gasteiger partial charge in [0.1, 0.15) is 0 Å². The first-order chi connectivity index (χ1) is 22.3. The van der Waals surface area contributed by atoms with Gasteiger partial charge < -0.3 is 0 Å². The second-order valence-electron chi connectivity index (χ2n) is 11.3. The Morgan fingerprint density at radius 2 is 1.16 bits per heavy atom. The molecule has 0 unspecified atom stereocenters. The van der Waals surface area contributed by atoms with Gasteiger partial charge in [0.05, 0.1) is 11.4 Å². The molecular weight excluding hydrogens is 567 g/mol. The van der Waals surface area contributed by atoms with Crippen LogP contribution in [-0.2, 0) is 0 Å². The van der Waals surface area contributed by atoms with Crippen LogP contribution in [0.4, 0.5) is 0 Å². The van der Waals surface area contributed by atoms with Crippen molar-refractivity contribution in [3.63, 3.8) is 0 Å². The Balaban J connectivity index is 1.30. The molecule has 3 aromatic heterocycles. The third-order valence-corrected chi connectivity index (χ3v) is 9.71. The predicted molar refractivity (Wildman–Crippen MR) is 189 cm³/mol. The van der Waals surface area contributed by atoms with Crippen LogP contribution >= 0.6 is 11.3 Å². The number of hydrogen-bond donors (Lipinski definition) is 0. The molecule has 0 bridgehead atoms. The van der Waals surface area contributed by atoms with Gasteiger partial charge in [0.2, 0.25) is 0 Å². The monoisotopic (exact) mass is 591 g/mol. The van der Waals surface area contributed by atoms with Crippen LogP contribution in [0, 0.1) is 0 Å². The molecule has 45 heavy (non-hydrogen) atoms. The van der Waals surface area contributed by atoms with Gasteiger partial charge in [-0.05, 0) is 69.6 Å². The molecule has 6 aromatic carbocycles. The SMILES string of the molecule is c1cncc(-c2cccc(-c3nc(-c4ccc5sc6ccccc6c5c4)cc(-c4cc5ccccc5c5ccccc45)n3)c2)c1. The molecule has 9 rings (SSSR count). The Kier molecular flexibility index (Phi) is 6.00. The van der Waals surface area contributed by atoms with Crippen LogP contribution in [0.5, 0.6) is 0 Å². The summed E-state index contributed by atoms with van der Waals surface area (Å²) in [4.78, 5) is 14.8. The van der Waals surface area contributed by atoms with E-state index in [2.05, 4.69) is 138 Å². The van der Waals surface area contributed by atoms with Crippen molar-refractivity contribution in [2.45, 2.75) is 0 Å². The Hall–Kier alpha value is -5.71. The van der Waals surface area contributed by atoms with Gasteiger partial charge in [0, 0.05) is 54.8 Å². The van der Waals surface area contributed by atoms with Gasteiger partial charge in [-0.25, -0.2) is 9.97 Å². The lowest BCUT2D eigenvalue weighted by molar-refractivity contribution is 1.19. The third kappa shape index (κ3) is 4.46. The Morgan fingerprint density at radius 3 is 2.04 bits per heavy atom. The zero-order chi connectivity index (χ0) is 29.7. The van der Waals surface area contributed by atoms with Crippen LogP contribution in [0.15, 0.2) is 152 Å². The van der Waals surface area contributed by atoms with E-state index in [4.69, 9.17) is 9.97 Å². The van der Waals surface area contributed by atoms with Crippen molar-refractivity contribution in [1.82, 2.24) is 15.0 Å². The van der Waals surface area contributed by atoms with E-state index >= 15 is 0 Å². The number of nitrogens with zero attached hydrogens (tertiary/aromatic N) is 3. The van der Waals surface area contributed by atoms with Crippen LogP contribution in [0.3, 0.4) is 0 Å². The molecule has 0 atom stereocenters. The van der Waals surface area contributed by atoms with Crippen molar-refractivity contribution in [2.24, 2.45) is 0 Å². The zero-order valence-electron chi connectivity index (χ0n) is 24.2. The lowest BCUT2D eigenvalue weighted by Crippen LogP contribution is -1.97. The van der Waals surface area contributed by atoms with E-state index in [-0.39, 0.29) is 0 Å². The van der Waals surface area contributed by atoms with Crippen molar-refractivity contribution >= 4 is 53.1 Å².